The largest absolute Gasteiger partial charge is 0.385 e. The normalized spacial score (nSPS) is 13.8. The van der Waals surface area contributed by atoms with Crippen molar-refractivity contribution in [3.63, 3.8) is 0 Å². The van der Waals surface area contributed by atoms with Crippen molar-refractivity contribution >= 4 is 0 Å². The number of nitrogens with zero attached hydrogens (tertiary/aromatic N) is 2. The Hall–Kier alpha value is -0.830. The molecule has 0 aliphatic carbocycles. The van der Waals surface area contributed by atoms with Crippen LogP contribution in [0.5, 0.6) is 0 Å². The van der Waals surface area contributed by atoms with Gasteiger partial charge in [-0.15, -0.1) is 0 Å². The number of aliphatic hydroxyl groups excluding tert-OH is 1. The number of aromatic nitrogens is 2. The Labute approximate surface area is 73.1 Å². The molecule has 1 aromatic heterocycles. The van der Waals surface area contributed by atoms with Crippen LogP contribution in [0.15, 0.2) is 6.20 Å². The van der Waals surface area contributed by atoms with Gasteiger partial charge < -0.3 is 9.67 Å². The molecule has 1 unspecified atom stereocenters. The Morgan fingerprint density at radius 1 is 1.42 bits per heavy atom. The lowest BCUT2D eigenvalue weighted by Gasteiger charge is -2.02. The summed E-state index contributed by atoms with van der Waals surface area (Å²) in [5.74, 6) is 1.16. The van der Waals surface area contributed by atoms with E-state index >= 15 is 0 Å². The van der Waals surface area contributed by atoms with Gasteiger partial charge in [-0.1, -0.05) is 13.8 Å². The van der Waals surface area contributed by atoms with E-state index in [0.717, 1.165) is 11.5 Å². The summed E-state index contributed by atoms with van der Waals surface area (Å²) in [7, 11) is 1.90. The summed E-state index contributed by atoms with van der Waals surface area (Å²) in [6, 6.07) is 0. The zero-order chi connectivity index (χ0) is 9.30. The molecule has 0 saturated heterocycles. The maximum atomic E-state index is 9.32. The van der Waals surface area contributed by atoms with Gasteiger partial charge in [0.2, 0.25) is 0 Å². The molecule has 12 heavy (non-hydrogen) atoms. The van der Waals surface area contributed by atoms with E-state index in [0.29, 0.717) is 5.92 Å². The average Bonchev–Trinajstić information content (AvgIpc) is 2.30. The van der Waals surface area contributed by atoms with Crippen LogP contribution in [-0.2, 0) is 7.05 Å². The fraction of sp³-hybridized carbons (Fsp3) is 0.667. The van der Waals surface area contributed by atoms with E-state index in [1.807, 2.05) is 17.8 Å². The van der Waals surface area contributed by atoms with Crippen LogP contribution in [0, 0.1) is 0 Å². The van der Waals surface area contributed by atoms with Gasteiger partial charge in [0.15, 0.2) is 0 Å². The lowest BCUT2D eigenvalue weighted by Crippen LogP contribution is -2.00. The molecule has 0 aliphatic rings. The quantitative estimate of drug-likeness (QED) is 0.728. The number of hydrogen-bond acceptors (Lipinski definition) is 2. The maximum Gasteiger partial charge on any atom is 0.137 e. The summed E-state index contributed by atoms with van der Waals surface area (Å²) in [4.78, 5) is 4.32. The Morgan fingerprint density at radius 2 is 2.00 bits per heavy atom. The molecule has 1 aromatic rings. The molecular formula is C9H16N2O. The molecule has 68 valence electrons. The van der Waals surface area contributed by atoms with Gasteiger partial charge in [0, 0.05) is 13.2 Å². The van der Waals surface area contributed by atoms with Crippen LogP contribution in [-0.4, -0.2) is 14.7 Å². The smallest absolute Gasteiger partial charge is 0.137 e. The van der Waals surface area contributed by atoms with Gasteiger partial charge in [0.1, 0.15) is 11.9 Å². The third kappa shape index (κ3) is 1.67. The average molecular weight is 168 g/mol. The molecule has 3 nitrogen and oxygen atoms in total. The number of hydrogen-bond donors (Lipinski definition) is 1. The van der Waals surface area contributed by atoms with E-state index in [2.05, 4.69) is 18.8 Å². The van der Waals surface area contributed by atoms with Crippen LogP contribution in [0.2, 0.25) is 0 Å². The first kappa shape index (κ1) is 9.26. The minimum absolute atomic E-state index is 0.420. The molecule has 0 amide bonds. The third-order valence-electron chi connectivity index (χ3n) is 1.90. The van der Waals surface area contributed by atoms with Gasteiger partial charge in [-0.3, -0.25) is 0 Å². The highest BCUT2D eigenvalue weighted by Gasteiger charge is 2.11. The van der Waals surface area contributed by atoms with Gasteiger partial charge in [0.05, 0.1) is 5.69 Å². The van der Waals surface area contributed by atoms with Crippen LogP contribution in [0.3, 0.4) is 0 Å². The molecular weight excluding hydrogens is 152 g/mol. The summed E-state index contributed by atoms with van der Waals surface area (Å²) in [5, 5.41) is 9.32. The highest BCUT2D eigenvalue weighted by molar-refractivity contribution is 5.08. The third-order valence-corrected chi connectivity index (χ3v) is 1.90. The summed E-state index contributed by atoms with van der Waals surface area (Å²) in [6.07, 6.45) is 1.48. The van der Waals surface area contributed by atoms with Crippen LogP contribution in [0.25, 0.3) is 0 Å². The van der Waals surface area contributed by atoms with E-state index in [4.69, 9.17) is 0 Å². The Bertz CT molecular complexity index is 263. The van der Waals surface area contributed by atoms with Crippen molar-refractivity contribution in [3.8, 4) is 0 Å². The van der Waals surface area contributed by atoms with Gasteiger partial charge in [-0.05, 0) is 12.8 Å². The zero-order valence-corrected chi connectivity index (χ0v) is 8.07. The Balaban J connectivity index is 3.00. The summed E-state index contributed by atoms with van der Waals surface area (Å²) in [5.41, 5.74) is 1.04. The predicted molar refractivity (Wildman–Crippen MR) is 47.9 cm³/mol. The molecule has 0 radical (unpaired) electrons. The maximum absolute atomic E-state index is 9.32. The summed E-state index contributed by atoms with van der Waals surface area (Å²) >= 11 is 0. The van der Waals surface area contributed by atoms with Crippen LogP contribution in [0.4, 0.5) is 0 Å². The molecule has 0 aromatic carbocycles. The summed E-state index contributed by atoms with van der Waals surface area (Å²) in [6.45, 7) is 5.91. The highest BCUT2D eigenvalue weighted by atomic mass is 16.3. The highest BCUT2D eigenvalue weighted by Crippen LogP contribution is 2.16. The van der Waals surface area contributed by atoms with E-state index in [1.165, 1.54) is 0 Å². The van der Waals surface area contributed by atoms with E-state index in [9.17, 15) is 5.11 Å². The van der Waals surface area contributed by atoms with Gasteiger partial charge in [0.25, 0.3) is 0 Å². The first-order chi connectivity index (χ1) is 5.52. The fourth-order valence-electron chi connectivity index (χ4n) is 1.17. The monoisotopic (exact) mass is 168 g/mol. The molecule has 0 fully saturated rings. The number of aliphatic hydroxyl groups is 1. The molecule has 1 heterocycles. The standard InChI is InChI=1S/C9H16N2O/c1-6(2)8-5-11(4)9(10-8)7(3)12/h5-7,12H,1-4H3. The van der Waals surface area contributed by atoms with Gasteiger partial charge in [-0.2, -0.15) is 0 Å². The molecule has 1 atom stereocenters. The van der Waals surface area contributed by atoms with Crippen LogP contribution >= 0.6 is 0 Å². The minimum atomic E-state index is -0.484. The van der Waals surface area contributed by atoms with Crippen molar-refractivity contribution in [1.29, 1.82) is 0 Å². The van der Waals surface area contributed by atoms with Crippen LogP contribution in [0.1, 0.15) is 44.3 Å². The molecule has 0 aliphatic heterocycles. The number of aryl methyl sites for hydroxylation is 1. The predicted octanol–water partition coefficient (Wildman–Crippen LogP) is 1.60. The first-order valence-corrected chi connectivity index (χ1v) is 4.23. The molecule has 1 N–H and O–H groups in total. The molecule has 0 bridgehead atoms. The molecule has 3 heteroatoms. The Kier molecular flexibility index (Phi) is 2.52. The lowest BCUT2D eigenvalue weighted by atomic mass is 10.2. The van der Waals surface area contributed by atoms with Crippen molar-refractivity contribution in [2.75, 3.05) is 0 Å². The topological polar surface area (TPSA) is 38.0 Å². The Morgan fingerprint density at radius 3 is 2.25 bits per heavy atom. The number of imidazole rings is 1. The van der Waals surface area contributed by atoms with E-state index in [-0.39, 0.29) is 0 Å². The second-order valence-electron chi connectivity index (χ2n) is 3.47. The second kappa shape index (κ2) is 3.27. The first-order valence-electron chi connectivity index (χ1n) is 4.23. The number of rotatable bonds is 2. The van der Waals surface area contributed by atoms with Gasteiger partial charge in [-0.25, -0.2) is 4.98 Å². The minimum Gasteiger partial charge on any atom is -0.385 e. The van der Waals surface area contributed by atoms with Crippen molar-refractivity contribution < 1.29 is 5.11 Å². The van der Waals surface area contributed by atoms with Crippen molar-refractivity contribution in [1.82, 2.24) is 9.55 Å². The van der Waals surface area contributed by atoms with E-state index in [1.54, 1.807) is 6.92 Å². The van der Waals surface area contributed by atoms with E-state index < -0.39 is 6.10 Å². The summed E-state index contributed by atoms with van der Waals surface area (Å²) < 4.78 is 1.88. The van der Waals surface area contributed by atoms with Crippen molar-refractivity contribution in [2.45, 2.75) is 32.8 Å². The van der Waals surface area contributed by atoms with Gasteiger partial charge >= 0.3 is 0 Å². The zero-order valence-electron chi connectivity index (χ0n) is 8.07. The molecule has 1 rings (SSSR count). The second-order valence-corrected chi connectivity index (χ2v) is 3.47. The van der Waals surface area contributed by atoms with Crippen molar-refractivity contribution in [3.05, 3.63) is 17.7 Å². The SMILES string of the molecule is CC(C)c1cn(C)c(C(C)O)n1. The van der Waals surface area contributed by atoms with Crippen LogP contribution < -0.4 is 0 Å². The lowest BCUT2D eigenvalue weighted by molar-refractivity contribution is 0.185. The van der Waals surface area contributed by atoms with Crippen molar-refractivity contribution in [2.24, 2.45) is 7.05 Å². The molecule has 0 spiro atoms. The molecule has 0 saturated carbocycles. The fourth-order valence-corrected chi connectivity index (χ4v) is 1.17.